The smallest absolute Gasteiger partial charge is 0.334 e. The second-order valence-electron chi connectivity index (χ2n) is 8.73. The molecule has 174 valence electrons. The van der Waals surface area contributed by atoms with E-state index in [0.29, 0.717) is 12.0 Å². The first-order valence-corrected chi connectivity index (χ1v) is 10.8. The molecule has 1 saturated carbocycles. The summed E-state index contributed by atoms with van der Waals surface area (Å²) in [4.78, 5) is 47.6. The van der Waals surface area contributed by atoms with E-state index >= 15 is 0 Å². The Morgan fingerprint density at radius 1 is 1.16 bits per heavy atom. The van der Waals surface area contributed by atoms with Gasteiger partial charge in [0.2, 0.25) is 0 Å². The summed E-state index contributed by atoms with van der Waals surface area (Å²) in [7, 11) is 0. The molecule has 6 atom stereocenters. The molecule has 32 heavy (non-hydrogen) atoms. The van der Waals surface area contributed by atoms with Gasteiger partial charge in [0.15, 0.2) is 0 Å². The molecule has 0 aromatic rings. The zero-order valence-corrected chi connectivity index (χ0v) is 18.9. The number of carbonyl (C=O) groups excluding carboxylic acids is 4. The molecule has 2 fully saturated rings. The van der Waals surface area contributed by atoms with Crippen molar-refractivity contribution in [2.75, 3.05) is 13.2 Å². The molecule has 0 unspecified atom stereocenters. The average molecular weight is 446 g/mol. The van der Waals surface area contributed by atoms with Gasteiger partial charge in [-0.2, -0.15) is 0 Å². The van der Waals surface area contributed by atoms with Crippen molar-refractivity contribution >= 4 is 23.9 Å². The Hall–Kier alpha value is -2.90. The zero-order chi connectivity index (χ0) is 23.6. The summed E-state index contributed by atoms with van der Waals surface area (Å²) in [5, 5.41) is 0. The van der Waals surface area contributed by atoms with Gasteiger partial charge in [-0.05, 0) is 38.7 Å². The van der Waals surface area contributed by atoms with Gasteiger partial charge in [-0.3, -0.25) is 9.59 Å². The fourth-order valence-electron chi connectivity index (χ4n) is 5.03. The predicted octanol–water partition coefficient (Wildman–Crippen LogP) is 2.67. The molecule has 1 aliphatic heterocycles. The lowest BCUT2D eigenvalue weighted by molar-refractivity contribution is -0.150. The highest BCUT2D eigenvalue weighted by Gasteiger charge is 2.56. The standard InChI is InChI=1S/C24H30O8/c1-12-6-7-18-17(11-30-16(5)26)10-19(21-14(3)24(28)32-22(21)20(12)18)31-23(27)13(2)8-9-29-15(4)25/h6,8,17-22H,3,7,9-11H2,1-2,4-5H3/b13-8+/t17-,18+,19-,20+,21-,22-/m1/s1. The van der Waals surface area contributed by atoms with Crippen LogP contribution in [0.4, 0.5) is 0 Å². The Bertz CT molecular complexity index is 882. The molecule has 3 rings (SSSR count). The minimum absolute atomic E-state index is 0.0372. The van der Waals surface area contributed by atoms with E-state index in [1.165, 1.54) is 19.9 Å². The van der Waals surface area contributed by atoms with Crippen molar-refractivity contribution in [1.82, 2.24) is 0 Å². The minimum atomic E-state index is -0.664. The minimum Gasteiger partial charge on any atom is -0.466 e. The van der Waals surface area contributed by atoms with Crippen LogP contribution in [0.3, 0.4) is 0 Å². The Labute approximate surface area is 187 Å². The molecule has 0 aromatic heterocycles. The third-order valence-corrected chi connectivity index (χ3v) is 6.61. The van der Waals surface area contributed by atoms with Gasteiger partial charge in [0, 0.05) is 36.8 Å². The normalized spacial score (nSPS) is 31.6. The largest absolute Gasteiger partial charge is 0.466 e. The second-order valence-corrected chi connectivity index (χ2v) is 8.73. The SMILES string of the molecule is C=C1C(=O)O[C@@H]2[C@H]3C(C)=CC[C@H]3[C@@H](COC(C)=O)C[C@@H](OC(=O)/C(C)=C/COC(C)=O)[C@@H]12. The topological polar surface area (TPSA) is 105 Å². The van der Waals surface area contributed by atoms with Crippen molar-refractivity contribution in [3.8, 4) is 0 Å². The molecular formula is C24H30O8. The fraction of sp³-hybridized carbons (Fsp3) is 0.583. The maximum absolute atomic E-state index is 12.8. The summed E-state index contributed by atoms with van der Waals surface area (Å²) in [6, 6.07) is 0. The van der Waals surface area contributed by atoms with Crippen molar-refractivity contribution in [2.45, 2.75) is 52.7 Å². The highest BCUT2D eigenvalue weighted by molar-refractivity contribution is 5.91. The van der Waals surface area contributed by atoms with Crippen LogP contribution in [0, 0.1) is 23.7 Å². The Morgan fingerprint density at radius 2 is 1.84 bits per heavy atom. The molecule has 8 nitrogen and oxygen atoms in total. The summed E-state index contributed by atoms with van der Waals surface area (Å²) in [5.41, 5.74) is 1.70. The lowest BCUT2D eigenvalue weighted by Gasteiger charge is -2.30. The predicted molar refractivity (Wildman–Crippen MR) is 113 cm³/mol. The van der Waals surface area contributed by atoms with Crippen molar-refractivity contribution in [2.24, 2.45) is 23.7 Å². The number of rotatable bonds is 6. The van der Waals surface area contributed by atoms with Crippen LogP contribution in [0.2, 0.25) is 0 Å². The number of hydrogen-bond acceptors (Lipinski definition) is 8. The number of fused-ring (bicyclic) bond motifs is 3. The van der Waals surface area contributed by atoms with Crippen LogP contribution in [0.15, 0.2) is 35.5 Å². The molecule has 0 radical (unpaired) electrons. The molecule has 0 N–H and O–H groups in total. The maximum Gasteiger partial charge on any atom is 0.334 e. The first kappa shape index (κ1) is 23.8. The van der Waals surface area contributed by atoms with Crippen molar-refractivity contribution in [3.05, 3.63) is 35.5 Å². The number of esters is 4. The van der Waals surface area contributed by atoms with Crippen molar-refractivity contribution < 1.29 is 38.1 Å². The van der Waals surface area contributed by atoms with Crippen LogP contribution in [-0.2, 0) is 38.1 Å². The molecule has 0 amide bonds. The summed E-state index contributed by atoms with van der Waals surface area (Å²) in [6.07, 6.45) is 3.65. The van der Waals surface area contributed by atoms with Crippen LogP contribution in [-0.4, -0.2) is 49.3 Å². The zero-order valence-electron chi connectivity index (χ0n) is 18.9. The monoisotopic (exact) mass is 446 g/mol. The van der Waals surface area contributed by atoms with Crippen molar-refractivity contribution in [3.63, 3.8) is 0 Å². The third kappa shape index (κ3) is 4.95. The van der Waals surface area contributed by atoms with Gasteiger partial charge in [-0.15, -0.1) is 0 Å². The molecular weight excluding hydrogens is 416 g/mol. The molecule has 0 bridgehead atoms. The molecule has 0 aromatic carbocycles. The number of carbonyl (C=O) groups is 4. The first-order valence-electron chi connectivity index (χ1n) is 10.8. The summed E-state index contributed by atoms with van der Waals surface area (Å²) in [6.45, 7) is 10.3. The van der Waals surface area contributed by atoms with Gasteiger partial charge in [0.05, 0.1) is 12.5 Å². The lowest BCUT2D eigenvalue weighted by Crippen LogP contribution is -2.36. The highest BCUT2D eigenvalue weighted by atomic mass is 16.6. The molecule has 3 aliphatic rings. The van der Waals surface area contributed by atoms with Gasteiger partial charge in [0.1, 0.15) is 18.8 Å². The van der Waals surface area contributed by atoms with E-state index in [4.69, 9.17) is 18.9 Å². The van der Waals surface area contributed by atoms with E-state index < -0.39 is 36.0 Å². The van der Waals surface area contributed by atoms with E-state index in [1.54, 1.807) is 6.92 Å². The average Bonchev–Trinajstić information content (AvgIpc) is 3.18. The fourth-order valence-corrected chi connectivity index (χ4v) is 5.03. The first-order chi connectivity index (χ1) is 15.1. The van der Waals surface area contributed by atoms with Gasteiger partial charge < -0.3 is 18.9 Å². The molecule has 2 aliphatic carbocycles. The summed E-state index contributed by atoms with van der Waals surface area (Å²) >= 11 is 0. The van der Waals surface area contributed by atoms with E-state index in [1.807, 2.05) is 6.92 Å². The van der Waals surface area contributed by atoms with Crippen LogP contribution in [0.25, 0.3) is 0 Å². The number of hydrogen-bond donors (Lipinski definition) is 0. The van der Waals surface area contributed by atoms with E-state index in [-0.39, 0.29) is 42.5 Å². The van der Waals surface area contributed by atoms with Crippen molar-refractivity contribution in [1.29, 1.82) is 0 Å². The Kier molecular flexibility index (Phi) is 7.21. The van der Waals surface area contributed by atoms with E-state index in [2.05, 4.69) is 12.7 Å². The number of allylic oxidation sites excluding steroid dienone is 1. The van der Waals surface area contributed by atoms with Gasteiger partial charge >= 0.3 is 23.9 Å². The highest BCUT2D eigenvalue weighted by Crippen LogP contribution is 2.51. The van der Waals surface area contributed by atoms with E-state index in [0.717, 1.165) is 12.0 Å². The molecule has 0 spiro atoms. The third-order valence-electron chi connectivity index (χ3n) is 6.61. The van der Waals surface area contributed by atoms with Gasteiger partial charge in [-0.25, -0.2) is 9.59 Å². The quantitative estimate of drug-likeness (QED) is 0.265. The summed E-state index contributed by atoms with van der Waals surface area (Å²) in [5.74, 6) is -2.36. The summed E-state index contributed by atoms with van der Waals surface area (Å²) < 4.78 is 21.8. The molecule has 1 saturated heterocycles. The molecule has 8 heteroatoms. The maximum atomic E-state index is 12.8. The van der Waals surface area contributed by atoms with Crippen LogP contribution in [0.5, 0.6) is 0 Å². The van der Waals surface area contributed by atoms with Crippen LogP contribution >= 0.6 is 0 Å². The van der Waals surface area contributed by atoms with E-state index in [9.17, 15) is 19.2 Å². The lowest BCUT2D eigenvalue weighted by atomic mass is 9.78. The van der Waals surface area contributed by atoms with Crippen LogP contribution < -0.4 is 0 Å². The van der Waals surface area contributed by atoms with Gasteiger partial charge in [-0.1, -0.05) is 18.2 Å². The van der Waals surface area contributed by atoms with Crippen LogP contribution in [0.1, 0.15) is 40.5 Å². The Balaban J connectivity index is 1.87. The van der Waals surface area contributed by atoms with Gasteiger partial charge in [0.25, 0.3) is 0 Å². The molecule has 1 heterocycles. The second kappa shape index (κ2) is 9.71. The number of ether oxygens (including phenoxy) is 4. The Morgan fingerprint density at radius 3 is 2.50 bits per heavy atom.